The quantitative estimate of drug-likeness (QED) is 0.762. The van der Waals surface area contributed by atoms with Crippen molar-refractivity contribution >= 4 is 29.2 Å². The third kappa shape index (κ3) is 7.06. The summed E-state index contributed by atoms with van der Waals surface area (Å²) in [6.45, 7) is 5.78. The van der Waals surface area contributed by atoms with Gasteiger partial charge in [-0.05, 0) is 75.0 Å². The topological polar surface area (TPSA) is 59.6 Å². The molecule has 0 fully saturated rings. The number of hydrogen-bond donors (Lipinski definition) is 2. The fourth-order valence-corrected chi connectivity index (χ4v) is 2.16. The molecule has 26 heavy (non-hydrogen) atoms. The van der Waals surface area contributed by atoms with E-state index < -0.39 is 11.7 Å². The first kappa shape index (κ1) is 19.7. The van der Waals surface area contributed by atoms with Crippen LogP contribution in [0, 0.1) is 5.82 Å². The Morgan fingerprint density at radius 3 is 2.27 bits per heavy atom. The monoisotopic (exact) mass is 376 g/mol. The van der Waals surface area contributed by atoms with Crippen molar-refractivity contribution in [2.75, 3.05) is 5.32 Å². The summed E-state index contributed by atoms with van der Waals surface area (Å²) in [5.74, 6) is 0.105. The van der Waals surface area contributed by atoms with Crippen LogP contribution in [0.25, 0.3) is 0 Å². The summed E-state index contributed by atoms with van der Waals surface area (Å²) in [5, 5.41) is 5.77. The SMILES string of the molecule is CC(C)(C)OC(=O)NCc1ccc(NC(=S)Oc2ccc(F)cc2)cc1. The molecule has 0 saturated carbocycles. The normalized spacial score (nSPS) is 10.8. The molecule has 2 aromatic carbocycles. The van der Waals surface area contributed by atoms with Crippen LogP contribution in [-0.4, -0.2) is 16.9 Å². The molecule has 0 unspecified atom stereocenters. The standard InChI is InChI=1S/C19H21FN2O3S/c1-19(2,3)25-17(23)21-12-13-4-8-15(9-5-13)22-18(26)24-16-10-6-14(20)7-11-16/h4-11H,12H2,1-3H3,(H,21,23)(H,22,26). The zero-order valence-electron chi connectivity index (χ0n) is 14.8. The van der Waals surface area contributed by atoms with E-state index in [2.05, 4.69) is 10.6 Å². The van der Waals surface area contributed by atoms with Gasteiger partial charge in [-0.3, -0.25) is 0 Å². The second-order valence-corrected chi connectivity index (χ2v) is 6.89. The summed E-state index contributed by atoms with van der Waals surface area (Å²) in [6.07, 6.45) is -0.464. The number of amides is 1. The first-order valence-corrected chi connectivity index (χ1v) is 8.42. The van der Waals surface area contributed by atoms with Crippen LogP contribution in [0.3, 0.4) is 0 Å². The van der Waals surface area contributed by atoms with Gasteiger partial charge in [-0.25, -0.2) is 9.18 Å². The lowest BCUT2D eigenvalue weighted by atomic mass is 10.2. The first-order valence-electron chi connectivity index (χ1n) is 8.01. The predicted molar refractivity (Wildman–Crippen MR) is 103 cm³/mol. The average molecular weight is 376 g/mol. The van der Waals surface area contributed by atoms with Gasteiger partial charge in [0.2, 0.25) is 0 Å². The number of halogens is 1. The van der Waals surface area contributed by atoms with E-state index in [1.54, 1.807) is 0 Å². The lowest BCUT2D eigenvalue weighted by Gasteiger charge is -2.19. The van der Waals surface area contributed by atoms with Crippen molar-refractivity contribution in [2.45, 2.75) is 32.9 Å². The van der Waals surface area contributed by atoms with Crippen LogP contribution in [0.2, 0.25) is 0 Å². The van der Waals surface area contributed by atoms with E-state index in [9.17, 15) is 9.18 Å². The minimum Gasteiger partial charge on any atom is -0.444 e. The molecule has 5 nitrogen and oxygen atoms in total. The van der Waals surface area contributed by atoms with Crippen LogP contribution in [0.1, 0.15) is 26.3 Å². The van der Waals surface area contributed by atoms with E-state index in [0.717, 1.165) is 11.3 Å². The van der Waals surface area contributed by atoms with Gasteiger partial charge in [0.15, 0.2) is 0 Å². The highest BCUT2D eigenvalue weighted by Crippen LogP contribution is 2.14. The van der Waals surface area contributed by atoms with Crippen LogP contribution in [0.4, 0.5) is 14.9 Å². The van der Waals surface area contributed by atoms with E-state index in [-0.39, 0.29) is 11.0 Å². The molecule has 0 spiro atoms. The second kappa shape index (κ2) is 8.62. The molecule has 0 atom stereocenters. The lowest BCUT2D eigenvalue weighted by molar-refractivity contribution is 0.0523. The number of rotatable bonds is 4. The molecule has 0 aromatic heterocycles. The van der Waals surface area contributed by atoms with Gasteiger partial charge in [0, 0.05) is 12.2 Å². The van der Waals surface area contributed by atoms with Crippen molar-refractivity contribution in [3.63, 3.8) is 0 Å². The Balaban J connectivity index is 1.82. The maximum atomic E-state index is 12.9. The number of benzene rings is 2. The Kier molecular flexibility index (Phi) is 6.52. The fourth-order valence-electron chi connectivity index (χ4n) is 1.95. The number of anilines is 1. The molecule has 0 aliphatic rings. The molecule has 0 heterocycles. The molecule has 7 heteroatoms. The van der Waals surface area contributed by atoms with Crippen molar-refractivity contribution in [3.8, 4) is 5.75 Å². The molecule has 138 valence electrons. The number of alkyl carbamates (subject to hydrolysis) is 1. The number of hydrogen-bond acceptors (Lipinski definition) is 4. The number of carbonyl (C=O) groups is 1. The highest BCUT2D eigenvalue weighted by Gasteiger charge is 2.15. The maximum absolute atomic E-state index is 12.9. The van der Waals surface area contributed by atoms with Crippen molar-refractivity contribution in [2.24, 2.45) is 0 Å². The van der Waals surface area contributed by atoms with E-state index in [4.69, 9.17) is 21.7 Å². The first-order chi connectivity index (χ1) is 12.2. The van der Waals surface area contributed by atoms with Gasteiger partial charge >= 0.3 is 6.09 Å². The molecule has 0 aliphatic carbocycles. The zero-order valence-corrected chi connectivity index (χ0v) is 15.7. The average Bonchev–Trinajstić information content (AvgIpc) is 2.55. The van der Waals surface area contributed by atoms with Crippen molar-refractivity contribution in [1.29, 1.82) is 0 Å². The molecule has 0 saturated heterocycles. The van der Waals surface area contributed by atoms with Crippen LogP contribution >= 0.6 is 12.2 Å². The van der Waals surface area contributed by atoms with E-state index >= 15 is 0 Å². The van der Waals surface area contributed by atoms with Gasteiger partial charge < -0.3 is 20.1 Å². The molecular weight excluding hydrogens is 355 g/mol. The molecular formula is C19H21FN2O3S. The van der Waals surface area contributed by atoms with Gasteiger partial charge in [0.1, 0.15) is 17.2 Å². The summed E-state index contributed by atoms with van der Waals surface area (Å²) in [6, 6.07) is 12.9. The number of ether oxygens (including phenoxy) is 2. The predicted octanol–water partition coefficient (Wildman–Crippen LogP) is 4.63. The van der Waals surface area contributed by atoms with Crippen molar-refractivity contribution < 1.29 is 18.7 Å². The van der Waals surface area contributed by atoms with Gasteiger partial charge in [0.25, 0.3) is 5.17 Å². The minimum atomic E-state index is -0.530. The molecule has 2 N–H and O–H groups in total. The lowest BCUT2D eigenvalue weighted by Crippen LogP contribution is -2.32. The minimum absolute atomic E-state index is 0.149. The Bertz CT molecular complexity index is 756. The largest absolute Gasteiger partial charge is 0.444 e. The molecule has 1 amide bonds. The van der Waals surface area contributed by atoms with E-state index in [1.807, 2.05) is 45.0 Å². The summed E-state index contributed by atoms with van der Waals surface area (Å²) in [5.41, 5.74) is 1.11. The van der Waals surface area contributed by atoms with Crippen LogP contribution in [0.15, 0.2) is 48.5 Å². The van der Waals surface area contributed by atoms with Crippen molar-refractivity contribution in [1.82, 2.24) is 5.32 Å². The summed E-state index contributed by atoms with van der Waals surface area (Å²) in [7, 11) is 0. The van der Waals surface area contributed by atoms with Gasteiger partial charge in [0.05, 0.1) is 0 Å². The number of nitrogens with one attached hydrogen (secondary N) is 2. The molecule has 0 radical (unpaired) electrons. The van der Waals surface area contributed by atoms with Gasteiger partial charge in [-0.2, -0.15) is 0 Å². The molecule has 2 aromatic rings. The Morgan fingerprint density at radius 1 is 1.08 bits per heavy atom. The third-order valence-electron chi connectivity index (χ3n) is 3.06. The second-order valence-electron chi connectivity index (χ2n) is 6.52. The van der Waals surface area contributed by atoms with Crippen LogP contribution in [0.5, 0.6) is 5.75 Å². The van der Waals surface area contributed by atoms with Gasteiger partial charge in [-0.15, -0.1) is 0 Å². The summed E-state index contributed by atoms with van der Waals surface area (Å²) >= 11 is 5.12. The summed E-state index contributed by atoms with van der Waals surface area (Å²) in [4.78, 5) is 11.6. The maximum Gasteiger partial charge on any atom is 0.407 e. The molecule has 0 bridgehead atoms. The van der Waals surface area contributed by atoms with Gasteiger partial charge in [-0.1, -0.05) is 12.1 Å². The number of thiocarbonyl (C=S) groups is 1. The van der Waals surface area contributed by atoms with Crippen molar-refractivity contribution in [3.05, 3.63) is 59.9 Å². The number of carbonyl (C=O) groups excluding carboxylic acids is 1. The zero-order chi connectivity index (χ0) is 19.2. The third-order valence-corrected chi connectivity index (χ3v) is 3.25. The van der Waals surface area contributed by atoms with E-state index in [1.165, 1.54) is 24.3 Å². The molecule has 0 aliphatic heterocycles. The molecule has 2 rings (SSSR count). The van der Waals surface area contributed by atoms with Crippen LogP contribution in [-0.2, 0) is 11.3 Å². The Morgan fingerprint density at radius 2 is 1.69 bits per heavy atom. The van der Waals surface area contributed by atoms with Crippen LogP contribution < -0.4 is 15.4 Å². The highest BCUT2D eigenvalue weighted by atomic mass is 32.1. The Labute approximate surface area is 157 Å². The summed E-state index contributed by atoms with van der Waals surface area (Å²) < 4.78 is 23.5. The Hall–Kier alpha value is -2.67. The fraction of sp³-hybridized carbons (Fsp3) is 0.263. The van der Waals surface area contributed by atoms with E-state index in [0.29, 0.717) is 12.3 Å². The smallest absolute Gasteiger partial charge is 0.407 e. The highest BCUT2D eigenvalue weighted by molar-refractivity contribution is 7.80.